The number of pyridine rings is 1. The Bertz CT molecular complexity index is 701. The van der Waals surface area contributed by atoms with Gasteiger partial charge in [0.2, 0.25) is 0 Å². The molecule has 0 bridgehead atoms. The molecule has 0 fully saturated rings. The maximum absolute atomic E-state index is 13.1. The molecule has 2 rings (SSSR count). The minimum absolute atomic E-state index is 0. The van der Waals surface area contributed by atoms with Crippen LogP contribution in [0.5, 0.6) is 5.75 Å². The first-order valence-corrected chi connectivity index (χ1v) is 7.40. The van der Waals surface area contributed by atoms with Crippen molar-refractivity contribution in [1.29, 1.82) is 0 Å². The number of hydrogen-bond acceptors (Lipinski definition) is 4. The number of nitrogens with two attached hydrogens (primary N) is 1. The molecule has 1 amide bonds. The van der Waals surface area contributed by atoms with Crippen molar-refractivity contribution in [2.75, 3.05) is 13.1 Å². The summed E-state index contributed by atoms with van der Waals surface area (Å²) in [5, 5.41) is 2.18. The van der Waals surface area contributed by atoms with E-state index in [1.165, 1.54) is 0 Å². The number of alkyl halides is 2. The van der Waals surface area contributed by atoms with Gasteiger partial charge < -0.3 is 15.8 Å². The molecule has 0 spiro atoms. The summed E-state index contributed by atoms with van der Waals surface area (Å²) in [7, 11) is 0. The van der Waals surface area contributed by atoms with Gasteiger partial charge in [0.25, 0.3) is 11.8 Å². The zero-order valence-corrected chi connectivity index (χ0v) is 15.7. The van der Waals surface area contributed by atoms with Crippen LogP contribution in [0.25, 0.3) is 0 Å². The predicted octanol–water partition coefficient (Wildman–Crippen LogP) is 3.14. The standard InChI is InChI=1S/C17H19F2N3O2.2ClH/c1-12-5-6-15(8-21-12)24-9-13-3-2-4-14(7-13)16(23)22-11-17(18,19)10-20;;/h2-8H,9-11,20H2,1H3,(H,22,23);2*1H. The summed E-state index contributed by atoms with van der Waals surface area (Å²) in [6, 6.07) is 10.2. The van der Waals surface area contributed by atoms with Gasteiger partial charge in [0.15, 0.2) is 0 Å². The van der Waals surface area contributed by atoms with E-state index in [-0.39, 0.29) is 37.0 Å². The zero-order chi connectivity index (χ0) is 17.6. The molecule has 0 atom stereocenters. The number of aryl methyl sites for hydroxylation is 1. The number of amides is 1. The van der Waals surface area contributed by atoms with Gasteiger partial charge in [-0.05, 0) is 36.8 Å². The fraction of sp³-hybridized carbons (Fsp3) is 0.294. The molecule has 144 valence electrons. The van der Waals surface area contributed by atoms with Crippen molar-refractivity contribution >= 4 is 30.7 Å². The van der Waals surface area contributed by atoms with Gasteiger partial charge in [-0.2, -0.15) is 0 Å². The lowest BCUT2D eigenvalue weighted by Crippen LogP contribution is -2.41. The van der Waals surface area contributed by atoms with Crippen LogP contribution in [-0.2, 0) is 6.61 Å². The van der Waals surface area contributed by atoms with Crippen LogP contribution in [0.15, 0.2) is 42.6 Å². The highest BCUT2D eigenvalue weighted by Gasteiger charge is 2.27. The highest BCUT2D eigenvalue weighted by Crippen LogP contribution is 2.13. The largest absolute Gasteiger partial charge is 0.487 e. The molecule has 0 radical (unpaired) electrons. The van der Waals surface area contributed by atoms with Gasteiger partial charge in [-0.15, -0.1) is 24.8 Å². The molecule has 26 heavy (non-hydrogen) atoms. The van der Waals surface area contributed by atoms with Gasteiger partial charge in [-0.1, -0.05) is 12.1 Å². The maximum atomic E-state index is 13.1. The summed E-state index contributed by atoms with van der Waals surface area (Å²) in [6.45, 7) is 0.509. The minimum atomic E-state index is -3.12. The Labute approximate surface area is 163 Å². The van der Waals surface area contributed by atoms with Gasteiger partial charge >= 0.3 is 0 Å². The van der Waals surface area contributed by atoms with E-state index in [1.54, 1.807) is 36.5 Å². The van der Waals surface area contributed by atoms with Gasteiger partial charge in [-0.3, -0.25) is 9.78 Å². The first-order valence-electron chi connectivity index (χ1n) is 7.40. The fourth-order valence-electron chi connectivity index (χ4n) is 1.89. The monoisotopic (exact) mass is 407 g/mol. The summed E-state index contributed by atoms with van der Waals surface area (Å²) in [5.74, 6) is -3.09. The Morgan fingerprint density at radius 1 is 1.27 bits per heavy atom. The third kappa shape index (κ3) is 7.51. The van der Waals surface area contributed by atoms with Crippen molar-refractivity contribution in [1.82, 2.24) is 10.3 Å². The summed E-state index contributed by atoms with van der Waals surface area (Å²) >= 11 is 0. The van der Waals surface area contributed by atoms with E-state index < -0.39 is 24.9 Å². The molecule has 2 aromatic rings. The van der Waals surface area contributed by atoms with Crippen LogP contribution in [0.3, 0.4) is 0 Å². The smallest absolute Gasteiger partial charge is 0.277 e. The number of benzene rings is 1. The molecule has 1 heterocycles. The van der Waals surface area contributed by atoms with Crippen molar-refractivity contribution in [3.05, 3.63) is 59.4 Å². The lowest BCUT2D eigenvalue weighted by Gasteiger charge is -2.14. The number of halogens is 4. The molecule has 5 nitrogen and oxygen atoms in total. The van der Waals surface area contributed by atoms with E-state index in [1.807, 2.05) is 13.0 Å². The minimum Gasteiger partial charge on any atom is -0.487 e. The normalized spacial score (nSPS) is 10.3. The van der Waals surface area contributed by atoms with Crippen molar-refractivity contribution in [3.63, 3.8) is 0 Å². The van der Waals surface area contributed by atoms with E-state index >= 15 is 0 Å². The molecule has 0 aliphatic rings. The van der Waals surface area contributed by atoms with Crippen LogP contribution in [-0.4, -0.2) is 29.9 Å². The maximum Gasteiger partial charge on any atom is 0.277 e. The Kier molecular flexibility index (Phi) is 10.1. The van der Waals surface area contributed by atoms with Crippen LogP contribution >= 0.6 is 24.8 Å². The first kappa shape index (κ1) is 24.0. The van der Waals surface area contributed by atoms with Crippen molar-refractivity contribution in [2.24, 2.45) is 5.73 Å². The quantitative estimate of drug-likeness (QED) is 0.738. The fourth-order valence-corrected chi connectivity index (χ4v) is 1.89. The van der Waals surface area contributed by atoms with Crippen molar-refractivity contribution in [3.8, 4) is 5.75 Å². The molecular formula is C17H21Cl2F2N3O2. The molecule has 0 aliphatic carbocycles. The molecule has 1 aromatic heterocycles. The van der Waals surface area contributed by atoms with E-state index in [0.717, 1.165) is 11.3 Å². The molecule has 0 saturated carbocycles. The van der Waals surface area contributed by atoms with E-state index in [9.17, 15) is 13.6 Å². The zero-order valence-electron chi connectivity index (χ0n) is 14.1. The Morgan fingerprint density at radius 3 is 2.62 bits per heavy atom. The van der Waals surface area contributed by atoms with Gasteiger partial charge in [0.1, 0.15) is 12.4 Å². The lowest BCUT2D eigenvalue weighted by molar-refractivity contribution is 0.0118. The summed E-state index contributed by atoms with van der Waals surface area (Å²) in [6.07, 6.45) is 1.61. The molecule has 0 saturated heterocycles. The highest BCUT2D eigenvalue weighted by atomic mass is 35.5. The van der Waals surface area contributed by atoms with Crippen LogP contribution in [0.1, 0.15) is 21.6 Å². The molecule has 1 aromatic carbocycles. The number of carbonyl (C=O) groups excluding carboxylic acids is 1. The third-order valence-electron chi connectivity index (χ3n) is 3.29. The molecule has 0 unspecified atom stereocenters. The Balaban J connectivity index is 0.00000312. The van der Waals surface area contributed by atoms with Crippen LogP contribution in [0.2, 0.25) is 0 Å². The van der Waals surface area contributed by atoms with E-state index in [2.05, 4.69) is 10.3 Å². The lowest BCUT2D eigenvalue weighted by atomic mass is 10.1. The number of rotatable bonds is 7. The number of carbonyl (C=O) groups is 1. The van der Waals surface area contributed by atoms with Crippen LogP contribution < -0.4 is 15.8 Å². The molecular weight excluding hydrogens is 387 g/mol. The van der Waals surface area contributed by atoms with Gasteiger partial charge in [0.05, 0.1) is 19.3 Å². The topological polar surface area (TPSA) is 77.2 Å². The molecule has 3 N–H and O–H groups in total. The van der Waals surface area contributed by atoms with E-state index in [0.29, 0.717) is 5.75 Å². The average molecular weight is 408 g/mol. The van der Waals surface area contributed by atoms with Gasteiger partial charge in [-0.25, -0.2) is 8.78 Å². The number of ether oxygens (including phenoxy) is 1. The average Bonchev–Trinajstić information content (AvgIpc) is 2.59. The number of hydrogen-bond donors (Lipinski definition) is 2. The predicted molar refractivity (Wildman–Crippen MR) is 101 cm³/mol. The second-order valence-corrected chi connectivity index (χ2v) is 5.37. The van der Waals surface area contributed by atoms with E-state index in [4.69, 9.17) is 10.5 Å². The highest BCUT2D eigenvalue weighted by molar-refractivity contribution is 5.94. The van der Waals surface area contributed by atoms with Crippen LogP contribution in [0.4, 0.5) is 8.78 Å². The molecule has 0 aliphatic heterocycles. The number of nitrogens with one attached hydrogen (secondary N) is 1. The van der Waals surface area contributed by atoms with Crippen LogP contribution in [0, 0.1) is 6.92 Å². The second-order valence-electron chi connectivity index (χ2n) is 5.37. The number of aromatic nitrogens is 1. The summed E-state index contributed by atoms with van der Waals surface area (Å²) in [5.41, 5.74) is 6.85. The van der Waals surface area contributed by atoms with Gasteiger partial charge in [0, 0.05) is 11.3 Å². The number of nitrogens with zero attached hydrogens (tertiary/aromatic N) is 1. The molecule has 9 heteroatoms. The second kappa shape index (κ2) is 10.9. The van der Waals surface area contributed by atoms with Crippen molar-refractivity contribution < 1.29 is 18.3 Å². The van der Waals surface area contributed by atoms with Crippen molar-refractivity contribution in [2.45, 2.75) is 19.5 Å². The first-order chi connectivity index (χ1) is 11.4. The Hall–Kier alpha value is -1.96. The summed E-state index contributed by atoms with van der Waals surface area (Å²) < 4.78 is 31.7. The third-order valence-corrected chi connectivity index (χ3v) is 3.29. The summed E-state index contributed by atoms with van der Waals surface area (Å²) in [4.78, 5) is 16.1. The Morgan fingerprint density at radius 2 is 2.00 bits per heavy atom. The SMILES string of the molecule is Cc1ccc(OCc2cccc(C(=O)NCC(F)(F)CN)c2)cn1.Cl.Cl.